The number of hydrogen-bond acceptors (Lipinski definition) is 2. The van der Waals surface area contributed by atoms with Gasteiger partial charge >= 0.3 is 0 Å². The lowest BCUT2D eigenvalue weighted by Gasteiger charge is -2.11. The van der Waals surface area contributed by atoms with E-state index in [0.29, 0.717) is 6.42 Å². The maximum Gasteiger partial charge on any atom is 0.0674 e. The van der Waals surface area contributed by atoms with Crippen LogP contribution in [0.5, 0.6) is 0 Å². The Morgan fingerprint density at radius 1 is 1.16 bits per heavy atom. The molecule has 0 heterocycles. The Labute approximate surface area is 127 Å². The third-order valence-electron chi connectivity index (χ3n) is 2.81. The predicted octanol–water partition coefficient (Wildman–Crippen LogP) is 4.45. The summed E-state index contributed by atoms with van der Waals surface area (Å²) in [7, 11) is 0. The lowest BCUT2D eigenvalue weighted by atomic mass is 10.1. The van der Waals surface area contributed by atoms with E-state index in [9.17, 15) is 5.11 Å². The zero-order valence-corrected chi connectivity index (χ0v) is 13.2. The molecule has 0 aromatic heterocycles. The highest BCUT2D eigenvalue weighted by Crippen LogP contribution is 2.22. The summed E-state index contributed by atoms with van der Waals surface area (Å²) in [5.41, 5.74) is 2.44. The van der Waals surface area contributed by atoms with Crippen molar-refractivity contribution in [2.24, 2.45) is 0 Å². The summed E-state index contributed by atoms with van der Waals surface area (Å²) in [6.07, 6.45) is 0.404. The molecule has 1 atom stereocenters. The van der Waals surface area contributed by atoms with E-state index >= 15 is 0 Å². The van der Waals surface area contributed by atoms with Gasteiger partial charge in [-0.2, -0.15) is 0 Å². The number of aryl methyl sites for hydroxylation is 1. The first-order chi connectivity index (χ1) is 9.13. The van der Waals surface area contributed by atoms with Crippen LogP contribution in [-0.2, 0) is 6.42 Å². The lowest BCUT2D eigenvalue weighted by molar-refractivity contribution is 0.200. The van der Waals surface area contributed by atoms with Crippen LogP contribution >= 0.6 is 27.7 Å². The fourth-order valence-corrected chi connectivity index (χ4v) is 2.99. The van der Waals surface area contributed by atoms with Gasteiger partial charge in [-0.25, -0.2) is 0 Å². The third-order valence-corrected chi connectivity index (χ3v) is 4.50. The van der Waals surface area contributed by atoms with Crippen LogP contribution in [0, 0.1) is 6.92 Å². The first-order valence-electron chi connectivity index (χ1n) is 6.25. The Morgan fingerprint density at radius 2 is 1.89 bits per heavy atom. The smallest absolute Gasteiger partial charge is 0.0674 e. The fraction of sp³-hybridized carbons (Fsp3) is 0.250. The average molecular weight is 337 g/mol. The van der Waals surface area contributed by atoms with E-state index < -0.39 is 0 Å². The molecular weight excluding hydrogens is 320 g/mol. The summed E-state index contributed by atoms with van der Waals surface area (Å²) in [5.74, 6) is 0.718. The van der Waals surface area contributed by atoms with E-state index in [0.717, 1.165) is 10.2 Å². The van der Waals surface area contributed by atoms with Gasteiger partial charge in [-0.3, -0.25) is 0 Å². The zero-order chi connectivity index (χ0) is 13.7. The van der Waals surface area contributed by atoms with Crippen molar-refractivity contribution in [1.29, 1.82) is 0 Å². The quantitative estimate of drug-likeness (QED) is 0.814. The first kappa shape index (κ1) is 14.6. The van der Waals surface area contributed by atoms with Crippen LogP contribution < -0.4 is 0 Å². The number of benzene rings is 2. The minimum Gasteiger partial charge on any atom is -0.392 e. The maximum absolute atomic E-state index is 10.1. The van der Waals surface area contributed by atoms with E-state index in [1.807, 2.05) is 18.2 Å². The Hall–Kier alpha value is -0.770. The van der Waals surface area contributed by atoms with E-state index in [1.165, 1.54) is 16.0 Å². The summed E-state index contributed by atoms with van der Waals surface area (Å²) >= 11 is 5.11. The van der Waals surface area contributed by atoms with Crippen LogP contribution in [0.15, 0.2) is 57.9 Å². The predicted molar refractivity (Wildman–Crippen MR) is 85.8 cm³/mol. The highest BCUT2D eigenvalue weighted by Gasteiger charge is 2.06. The standard InChI is InChI=1S/C16H17BrOS/c1-12-3-2-4-13(9-12)10-15(18)11-19-16-7-5-14(17)6-8-16/h2-9,15,18H,10-11H2,1H3. The molecule has 2 aromatic rings. The topological polar surface area (TPSA) is 20.2 Å². The molecule has 0 saturated carbocycles. The first-order valence-corrected chi connectivity index (χ1v) is 8.03. The Morgan fingerprint density at radius 3 is 2.58 bits per heavy atom. The Bertz CT molecular complexity index is 525. The SMILES string of the molecule is Cc1cccc(CC(O)CSc2ccc(Br)cc2)c1. The van der Waals surface area contributed by atoms with Crippen LogP contribution in [0.4, 0.5) is 0 Å². The molecule has 2 aromatic carbocycles. The van der Waals surface area contributed by atoms with Gasteiger partial charge in [0.05, 0.1) is 6.10 Å². The van der Waals surface area contributed by atoms with E-state index in [4.69, 9.17) is 0 Å². The molecule has 0 radical (unpaired) electrons. The number of halogens is 1. The molecule has 1 nitrogen and oxygen atoms in total. The monoisotopic (exact) mass is 336 g/mol. The molecule has 19 heavy (non-hydrogen) atoms. The third kappa shape index (κ3) is 5.01. The van der Waals surface area contributed by atoms with Crippen molar-refractivity contribution in [2.45, 2.75) is 24.3 Å². The van der Waals surface area contributed by atoms with Gasteiger partial charge in [-0.15, -0.1) is 11.8 Å². The van der Waals surface area contributed by atoms with Gasteiger partial charge in [-0.1, -0.05) is 45.8 Å². The minimum absolute atomic E-state index is 0.310. The van der Waals surface area contributed by atoms with Crippen LogP contribution in [0.2, 0.25) is 0 Å². The number of rotatable bonds is 5. The molecule has 0 saturated heterocycles. The number of aliphatic hydroxyl groups is 1. The molecule has 0 aliphatic heterocycles. The van der Waals surface area contributed by atoms with Crippen molar-refractivity contribution in [1.82, 2.24) is 0 Å². The van der Waals surface area contributed by atoms with Crippen molar-refractivity contribution < 1.29 is 5.11 Å². The zero-order valence-electron chi connectivity index (χ0n) is 10.8. The Kier molecular flexibility index (Phi) is 5.49. The second-order valence-corrected chi connectivity index (χ2v) is 6.62. The van der Waals surface area contributed by atoms with Crippen molar-refractivity contribution >= 4 is 27.7 Å². The van der Waals surface area contributed by atoms with Gasteiger partial charge in [0.15, 0.2) is 0 Å². The number of aliphatic hydroxyl groups excluding tert-OH is 1. The lowest BCUT2D eigenvalue weighted by Crippen LogP contribution is -2.13. The highest BCUT2D eigenvalue weighted by molar-refractivity contribution is 9.10. The van der Waals surface area contributed by atoms with E-state index in [-0.39, 0.29) is 6.10 Å². The van der Waals surface area contributed by atoms with E-state index in [2.05, 4.69) is 53.2 Å². The van der Waals surface area contributed by atoms with Gasteiger partial charge in [0.1, 0.15) is 0 Å². The largest absolute Gasteiger partial charge is 0.392 e. The molecule has 2 rings (SSSR count). The summed E-state index contributed by atoms with van der Waals surface area (Å²) in [5, 5.41) is 10.1. The molecule has 0 spiro atoms. The van der Waals surface area contributed by atoms with Gasteiger partial charge < -0.3 is 5.11 Å². The highest BCUT2D eigenvalue weighted by atomic mass is 79.9. The number of thioether (sulfide) groups is 1. The summed E-state index contributed by atoms with van der Waals surface area (Å²) in [6.45, 7) is 2.08. The molecule has 0 bridgehead atoms. The second kappa shape index (κ2) is 7.13. The van der Waals surface area contributed by atoms with Crippen molar-refractivity contribution in [3.8, 4) is 0 Å². The summed E-state index contributed by atoms with van der Waals surface area (Å²) in [6, 6.07) is 16.5. The molecule has 1 unspecified atom stereocenters. The van der Waals surface area contributed by atoms with Crippen LogP contribution in [0.1, 0.15) is 11.1 Å². The molecule has 1 N–H and O–H groups in total. The van der Waals surface area contributed by atoms with E-state index in [1.54, 1.807) is 11.8 Å². The number of hydrogen-bond donors (Lipinski definition) is 1. The van der Waals surface area contributed by atoms with Crippen molar-refractivity contribution in [2.75, 3.05) is 5.75 Å². The molecule has 0 amide bonds. The molecule has 0 aliphatic carbocycles. The van der Waals surface area contributed by atoms with Gasteiger partial charge in [0, 0.05) is 15.1 Å². The normalized spacial score (nSPS) is 12.4. The maximum atomic E-state index is 10.1. The molecule has 3 heteroatoms. The summed E-state index contributed by atoms with van der Waals surface area (Å²) < 4.78 is 1.08. The van der Waals surface area contributed by atoms with Crippen LogP contribution in [0.3, 0.4) is 0 Å². The minimum atomic E-state index is -0.310. The Balaban J connectivity index is 1.84. The van der Waals surface area contributed by atoms with Gasteiger partial charge in [0.25, 0.3) is 0 Å². The molecule has 0 fully saturated rings. The summed E-state index contributed by atoms with van der Waals surface area (Å²) in [4.78, 5) is 1.19. The van der Waals surface area contributed by atoms with Crippen LogP contribution in [-0.4, -0.2) is 17.0 Å². The van der Waals surface area contributed by atoms with Gasteiger partial charge in [0.2, 0.25) is 0 Å². The average Bonchev–Trinajstić information content (AvgIpc) is 2.38. The molecule has 100 valence electrons. The second-order valence-electron chi connectivity index (χ2n) is 4.61. The fourth-order valence-electron chi connectivity index (χ4n) is 1.89. The van der Waals surface area contributed by atoms with Gasteiger partial charge in [-0.05, 0) is 43.2 Å². The van der Waals surface area contributed by atoms with Crippen molar-refractivity contribution in [3.05, 3.63) is 64.1 Å². The molecular formula is C16H17BrOS. The van der Waals surface area contributed by atoms with Crippen molar-refractivity contribution in [3.63, 3.8) is 0 Å². The van der Waals surface area contributed by atoms with Crippen LogP contribution in [0.25, 0.3) is 0 Å². The molecule has 0 aliphatic rings.